The highest BCUT2D eigenvalue weighted by Gasteiger charge is 2.24. The third kappa shape index (κ3) is 2.66. The minimum atomic E-state index is -0.0280. The number of halogens is 1. The van der Waals surface area contributed by atoms with Crippen LogP contribution in [0.2, 0.25) is 0 Å². The monoisotopic (exact) mass is 367 g/mol. The fraction of sp³-hybridized carbons (Fsp3) is 0.118. The van der Waals surface area contributed by atoms with Crippen LogP contribution in [0.1, 0.15) is 22.7 Å². The summed E-state index contributed by atoms with van der Waals surface area (Å²) in [6.07, 6.45) is 2.15. The highest BCUT2D eigenvalue weighted by molar-refractivity contribution is 9.10. The molecular formula is C17H14BrN5. The molecule has 4 rings (SSSR count). The molecule has 1 aliphatic rings. The van der Waals surface area contributed by atoms with Crippen molar-refractivity contribution in [2.45, 2.75) is 13.0 Å². The summed E-state index contributed by atoms with van der Waals surface area (Å²) in [6, 6.07) is 16.6. The standard InChI is InChI=1S/C17H14BrN5/c1-11-3-2-4-13(9-11)16-10-15(12-5-7-14(18)8-6-12)19-17-20-21-22-23(16)17/h2-10,16H,1H3,(H,19,20,22). The van der Waals surface area contributed by atoms with E-state index >= 15 is 0 Å². The number of benzene rings is 2. The van der Waals surface area contributed by atoms with E-state index in [0.717, 1.165) is 21.3 Å². The molecule has 6 heteroatoms. The average molecular weight is 368 g/mol. The van der Waals surface area contributed by atoms with Crippen molar-refractivity contribution in [2.75, 3.05) is 5.32 Å². The topological polar surface area (TPSA) is 55.6 Å². The van der Waals surface area contributed by atoms with E-state index in [-0.39, 0.29) is 6.04 Å². The minimum Gasteiger partial charge on any atom is -0.323 e. The van der Waals surface area contributed by atoms with Crippen molar-refractivity contribution >= 4 is 27.6 Å². The van der Waals surface area contributed by atoms with Gasteiger partial charge in [-0.25, -0.2) is 0 Å². The summed E-state index contributed by atoms with van der Waals surface area (Å²) in [5.74, 6) is 0.650. The number of tetrazole rings is 1. The molecule has 0 fully saturated rings. The number of anilines is 1. The van der Waals surface area contributed by atoms with Gasteiger partial charge in [-0.15, -0.1) is 0 Å². The average Bonchev–Trinajstić information content (AvgIpc) is 3.03. The molecule has 5 nitrogen and oxygen atoms in total. The van der Waals surface area contributed by atoms with Crippen molar-refractivity contribution in [1.82, 2.24) is 20.2 Å². The van der Waals surface area contributed by atoms with E-state index in [2.05, 4.69) is 86.2 Å². The fourth-order valence-corrected chi connectivity index (χ4v) is 3.01. The van der Waals surface area contributed by atoms with E-state index in [0.29, 0.717) is 5.95 Å². The number of hydrogen-bond donors (Lipinski definition) is 1. The molecule has 1 aliphatic heterocycles. The fourth-order valence-electron chi connectivity index (χ4n) is 2.74. The predicted octanol–water partition coefficient (Wildman–Crippen LogP) is 3.80. The molecule has 1 atom stereocenters. The Hall–Kier alpha value is -2.47. The number of rotatable bonds is 2. The van der Waals surface area contributed by atoms with E-state index in [9.17, 15) is 0 Å². The van der Waals surface area contributed by atoms with Crippen LogP contribution in [0.5, 0.6) is 0 Å². The molecule has 2 aromatic carbocycles. The summed E-state index contributed by atoms with van der Waals surface area (Å²) in [5, 5.41) is 15.3. The van der Waals surface area contributed by atoms with Crippen molar-refractivity contribution in [3.8, 4) is 0 Å². The van der Waals surface area contributed by atoms with Gasteiger partial charge in [0.25, 0.3) is 0 Å². The Kier molecular flexibility index (Phi) is 3.46. The Morgan fingerprint density at radius 3 is 2.74 bits per heavy atom. The van der Waals surface area contributed by atoms with Crippen LogP contribution in [0.25, 0.3) is 5.70 Å². The molecule has 1 N–H and O–H groups in total. The highest BCUT2D eigenvalue weighted by atomic mass is 79.9. The summed E-state index contributed by atoms with van der Waals surface area (Å²) in [6.45, 7) is 2.09. The second-order valence-corrected chi connectivity index (χ2v) is 6.43. The first-order chi connectivity index (χ1) is 11.2. The molecule has 0 spiro atoms. The molecule has 0 amide bonds. The van der Waals surface area contributed by atoms with Crippen molar-refractivity contribution in [1.29, 1.82) is 0 Å². The van der Waals surface area contributed by atoms with Crippen molar-refractivity contribution in [3.05, 3.63) is 75.8 Å². The Morgan fingerprint density at radius 2 is 1.96 bits per heavy atom. The van der Waals surface area contributed by atoms with E-state index in [1.54, 1.807) is 4.68 Å². The molecule has 114 valence electrons. The van der Waals surface area contributed by atoms with Gasteiger partial charge in [0.1, 0.15) is 6.04 Å². The lowest BCUT2D eigenvalue weighted by molar-refractivity contribution is 0.585. The van der Waals surface area contributed by atoms with Gasteiger partial charge in [-0.3, -0.25) is 0 Å². The first-order valence-corrected chi connectivity index (χ1v) is 8.09. The number of allylic oxidation sites excluding steroid dienone is 1. The molecule has 0 radical (unpaired) electrons. The lowest BCUT2D eigenvalue weighted by atomic mass is 10.0. The molecule has 0 saturated carbocycles. The van der Waals surface area contributed by atoms with Gasteiger partial charge in [0.15, 0.2) is 0 Å². The molecule has 0 bridgehead atoms. The number of fused-ring (bicyclic) bond motifs is 1. The van der Waals surface area contributed by atoms with E-state index in [1.165, 1.54) is 5.56 Å². The normalized spacial score (nSPS) is 16.4. The number of aryl methyl sites for hydroxylation is 1. The summed E-state index contributed by atoms with van der Waals surface area (Å²) in [4.78, 5) is 0. The smallest absolute Gasteiger partial charge is 0.248 e. The maximum Gasteiger partial charge on any atom is 0.248 e. The van der Waals surface area contributed by atoms with Crippen LogP contribution in [0, 0.1) is 6.92 Å². The summed E-state index contributed by atoms with van der Waals surface area (Å²) in [5.41, 5.74) is 4.48. The maximum atomic E-state index is 4.13. The predicted molar refractivity (Wildman–Crippen MR) is 92.9 cm³/mol. The van der Waals surface area contributed by atoms with Gasteiger partial charge in [0, 0.05) is 10.2 Å². The summed E-state index contributed by atoms with van der Waals surface area (Å²) < 4.78 is 2.86. The molecule has 2 heterocycles. The molecule has 3 aromatic rings. The molecule has 23 heavy (non-hydrogen) atoms. The zero-order chi connectivity index (χ0) is 15.8. The molecule has 0 aliphatic carbocycles. The first kappa shape index (κ1) is 14.1. The van der Waals surface area contributed by atoms with Gasteiger partial charge in [-0.05, 0) is 46.7 Å². The van der Waals surface area contributed by atoms with E-state index in [4.69, 9.17) is 0 Å². The maximum absolute atomic E-state index is 4.13. The lowest BCUT2D eigenvalue weighted by Gasteiger charge is -2.23. The molecule has 0 saturated heterocycles. The van der Waals surface area contributed by atoms with Crippen LogP contribution in [0.4, 0.5) is 5.95 Å². The van der Waals surface area contributed by atoms with Gasteiger partial charge >= 0.3 is 0 Å². The Labute approximate surface area is 142 Å². The van der Waals surface area contributed by atoms with Crippen LogP contribution in [0.3, 0.4) is 0 Å². The van der Waals surface area contributed by atoms with Crippen LogP contribution < -0.4 is 5.32 Å². The quantitative estimate of drug-likeness (QED) is 0.748. The van der Waals surface area contributed by atoms with Crippen LogP contribution >= 0.6 is 15.9 Å². The van der Waals surface area contributed by atoms with Gasteiger partial charge in [0.2, 0.25) is 5.95 Å². The molecular weight excluding hydrogens is 354 g/mol. The summed E-state index contributed by atoms with van der Waals surface area (Å²) in [7, 11) is 0. The van der Waals surface area contributed by atoms with E-state index < -0.39 is 0 Å². The van der Waals surface area contributed by atoms with Gasteiger partial charge in [-0.2, -0.15) is 4.68 Å². The van der Waals surface area contributed by atoms with Crippen LogP contribution in [-0.2, 0) is 0 Å². The van der Waals surface area contributed by atoms with Crippen LogP contribution in [-0.4, -0.2) is 20.2 Å². The molecule has 1 unspecified atom stereocenters. The van der Waals surface area contributed by atoms with E-state index in [1.807, 2.05) is 12.1 Å². The van der Waals surface area contributed by atoms with Gasteiger partial charge in [-0.1, -0.05) is 63.0 Å². The molecule has 1 aromatic heterocycles. The highest BCUT2D eigenvalue weighted by Crippen LogP contribution is 2.32. The SMILES string of the molecule is Cc1cccc(C2C=C(c3ccc(Br)cc3)Nc3nnnn32)c1. The van der Waals surface area contributed by atoms with Crippen molar-refractivity contribution in [2.24, 2.45) is 0 Å². The largest absolute Gasteiger partial charge is 0.323 e. The third-order valence-electron chi connectivity index (χ3n) is 3.87. The Morgan fingerprint density at radius 1 is 1.13 bits per heavy atom. The van der Waals surface area contributed by atoms with Gasteiger partial charge < -0.3 is 5.32 Å². The number of nitrogens with one attached hydrogen (secondary N) is 1. The second kappa shape index (κ2) is 5.62. The van der Waals surface area contributed by atoms with Gasteiger partial charge in [0.05, 0.1) is 0 Å². The third-order valence-corrected chi connectivity index (χ3v) is 4.39. The second-order valence-electron chi connectivity index (χ2n) is 5.52. The first-order valence-electron chi connectivity index (χ1n) is 7.30. The number of aromatic nitrogens is 4. The Bertz CT molecular complexity index is 882. The van der Waals surface area contributed by atoms with Crippen LogP contribution in [0.15, 0.2) is 59.1 Å². The zero-order valence-corrected chi connectivity index (χ0v) is 14.0. The Balaban J connectivity index is 1.81. The minimum absolute atomic E-state index is 0.0280. The number of nitrogens with zero attached hydrogens (tertiary/aromatic N) is 4. The van der Waals surface area contributed by atoms with Crippen molar-refractivity contribution in [3.63, 3.8) is 0 Å². The summed E-state index contributed by atoms with van der Waals surface area (Å²) >= 11 is 3.47. The lowest BCUT2D eigenvalue weighted by Crippen LogP contribution is -2.20. The number of hydrogen-bond acceptors (Lipinski definition) is 4. The van der Waals surface area contributed by atoms with Crippen molar-refractivity contribution < 1.29 is 0 Å². The zero-order valence-electron chi connectivity index (χ0n) is 12.4.